The molecule has 0 aliphatic rings. The van der Waals surface area contributed by atoms with Gasteiger partial charge in [-0.25, -0.2) is 4.98 Å². The van der Waals surface area contributed by atoms with Crippen LogP contribution in [0.3, 0.4) is 0 Å². The Kier molecular flexibility index (Phi) is 4.59. The molecule has 0 fully saturated rings. The molecule has 4 nitrogen and oxygen atoms in total. The third-order valence-electron chi connectivity index (χ3n) is 3.30. The number of benzene rings is 2. The van der Waals surface area contributed by atoms with E-state index >= 15 is 0 Å². The van der Waals surface area contributed by atoms with Crippen LogP contribution in [0.4, 0.5) is 0 Å². The van der Waals surface area contributed by atoms with E-state index in [2.05, 4.69) is 9.97 Å². The number of aromatic amines is 1. The van der Waals surface area contributed by atoms with Gasteiger partial charge in [0, 0.05) is 5.02 Å². The molecule has 1 N–H and O–H groups in total. The van der Waals surface area contributed by atoms with Crippen molar-refractivity contribution in [3.05, 3.63) is 73.2 Å². The molecule has 7 heteroatoms. The molecule has 0 aliphatic heterocycles. The van der Waals surface area contributed by atoms with Crippen molar-refractivity contribution in [1.29, 1.82) is 5.26 Å². The zero-order valence-corrected chi connectivity index (χ0v) is 14.2. The number of hydrogen-bond acceptors (Lipinski definition) is 3. The van der Waals surface area contributed by atoms with Gasteiger partial charge in [0.05, 0.1) is 26.5 Å². The molecule has 3 aromatic rings. The lowest BCUT2D eigenvalue weighted by Crippen LogP contribution is -2.11. The van der Waals surface area contributed by atoms with E-state index in [-0.39, 0.29) is 17.0 Å². The van der Waals surface area contributed by atoms with Crippen LogP contribution in [0, 0.1) is 11.3 Å². The number of hydrogen-bond donors (Lipinski definition) is 1. The zero-order chi connectivity index (χ0) is 17.3. The Bertz CT molecular complexity index is 1080. The van der Waals surface area contributed by atoms with E-state index in [1.807, 2.05) is 6.07 Å². The summed E-state index contributed by atoms with van der Waals surface area (Å²) in [5.41, 5.74) is 0.917. The molecule has 0 aliphatic carbocycles. The highest BCUT2D eigenvalue weighted by Gasteiger charge is 2.09. The lowest BCUT2D eigenvalue weighted by Gasteiger charge is -2.03. The molecule has 1 aromatic heterocycles. The van der Waals surface area contributed by atoms with E-state index in [0.717, 1.165) is 0 Å². The molecule has 0 saturated carbocycles. The molecule has 0 bridgehead atoms. The van der Waals surface area contributed by atoms with Crippen molar-refractivity contribution in [1.82, 2.24) is 9.97 Å². The number of nitrogens with one attached hydrogen (secondary N) is 1. The average molecular weight is 377 g/mol. The highest BCUT2D eigenvalue weighted by atomic mass is 35.5. The van der Waals surface area contributed by atoms with E-state index in [1.165, 1.54) is 0 Å². The van der Waals surface area contributed by atoms with Crippen LogP contribution in [0.2, 0.25) is 15.1 Å². The Morgan fingerprint density at radius 1 is 1.12 bits per heavy atom. The van der Waals surface area contributed by atoms with Gasteiger partial charge in [0.1, 0.15) is 6.07 Å². The van der Waals surface area contributed by atoms with Gasteiger partial charge in [-0.05, 0) is 42.0 Å². The van der Waals surface area contributed by atoms with Gasteiger partial charge >= 0.3 is 0 Å². The summed E-state index contributed by atoms with van der Waals surface area (Å²) in [6, 6.07) is 11.8. The van der Waals surface area contributed by atoms with E-state index in [4.69, 9.17) is 34.8 Å². The molecular weight excluding hydrogens is 369 g/mol. The fourth-order valence-corrected chi connectivity index (χ4v) is 2.64. The second kappa shape index (κ2) is 6.66. The molecule has 118 valence electrons. The molecule has 0 unspecified atom stereocenters. The standard InChI is InChI=1S/C17H8Cl3N3O/c18-11-2-3-12-15(7-11)22-16(23-17(12)24)10(8-21)5-9-1-4-13(19)14(20)6-9/h1-7H,(H,22,23,24)/b10-5+. The van der Waals surface area contributed by atoms with E-state index in [0.29, 0.717) is 31.5 Å². The number of halogens is 3. The number of nitriles is 1. The maximum atomic E-state index is 12.2. The fraction of sp³-hybridized carbons (Fsp3) is 0. The molecule has 24 heavy (non-hydrogen) atoms. The van der Waals surface area contributed by atoms with Crippen LogP contribution in [-0.4, -0.2) is 9.97 Å². The minimum atomic E-state index is -0.345. The Hall–Kier alpha value is -2.32. The van der Waals surface area contributed by atoms with Crippen LogP contribution in [0.1, 0.15) is 11.4 Å². The first-order chi connectivity index (χ1) is 11.5. The normalized spacial score (nSPS) is 11.5. The van der Waals surface area contributed by atoms with Gasteiger partial charge in [0.15, 0.2) is 5.82 Å². The number of rotatable bonds is 2. The van der Waals surface area contributed by atoms with Gasteiger partial charge in [-0.1, -0.05) is 40.9 Å². The average Bonchev–Trinajstić information content (AvgIpc) is 2.55. The van der Waals surface area contributed by atoms with E-state index < -0.39 is 0 Å². The molecule has 0 atom stereocenters. The molecule has 0 spiro atoms. The van der Waals surface area contributed by atoms with Crippen LogP contribution in [0.5, 0.6) is 0 Å². The Morgan fingerprint density at radius 2 is 1.92 bits per heavy atom. The van der Waals surface area contributed by atoms with Gasteiger partial charge < -0.3 is 4.98 Å². The first-order valence-corrected chi connectivity index (χ1v) is 7.88. The van der Waals surface area contributed by atoms with Crippen molar-refractivity contribution >= 4 is 57.4 Å². The fourth-order valence-electron chi connectivity index (χ4n) is 2.16. The van der Waals surface area contributed by atoms with Crippen molar-refractivity contribution < 1.29 is 0 Å². The smallest absolute Gasteiger partial charge is 0.259 e. The quantitative estimate of drug-likeness (QED) is 0.643. The minimum absolute atomic E-state index is 0.156. The van der Waals surface area contributed by atoms with Gasteiger partial charge in [0.2, 0.25) is 0 Å². The lowest BCUT2D eigenvalue weighted by atomic mass is 10.1. The lowest BCUT2D eigenvalue weighted by molar-refractivity contribution is 1.13. The van der Waals surface area contributed by atoms with Gasteiger partial charge in [0.25, 0.3) is 5.56 Å². The summed E-state index contributed by atoms with van der Waals surface area (Å²) in [6.45, 7) is 0. The SMILES string of the molecule is N#C/C(=C\c1ccc(Cl)c(Cl)c1)c1nc2cc(Cl)ccc2c(=O)[nH]1. The summed E-state index contributed by atoms with van der Waals surface area (Å²) in [7, 11) is 0. The number of H-pyrrole nitrogens is 1. The predicted molar refractivity (Wildman–Crippen MR) is 97.3 cm³/mol. The third-order valence-corrected chi connectivity index (χ3v) is 4.27. The van der Waals surface area contributed by atoms with E-state index in [9.17, 15) is 10.1 Å². The van der Waals surface area contributed by atoms with Crippen LogP contribution in [0.25, 0.3) is 22.6 Å². The van der Waals surface area contributed by atoms with Crippen LogP contribution in [-0.2, 0) is 0 Å². The van der Waals surface area contributed by atoms with Gasteiger partial charge in [-0.15, -0.1) is 0 Å². The van der Waals surface area contributed by atoms with Gasteiger partial charge in [-0.3, -0.25) is 4.79 Å². The third kappa shape index (κ3) is 3.29. The van der Waals surface area contributed by atoms with Crippen molar-refractivity contribution in [3.63, 3.8) is 0 Å². The molecule has 3 rings (SSSR count). The second-order valence-electron chi connectivity index (χ2n) is 4.92. The van der Waals surface area contributed by atoms with Crippen LogP contribution < -0.4 is 5.56 Å². The Balaban J connectivity index is 2.16. The van der Waals surface area contributed by atoms with Crippen molar-refractivity contribution in [3.8, 4) is 6.07 Å². The molecule has 0 radical (unpaired) electrons. The van der Waals surface area contributed by atoms with Gasteiger partial charge in [-0.2, -0.15) is 5.26 Å². The Labute approximate surface area is 151 Å². The zero-order valence-electron chi connectivity index (χ0n) is 12.0. The number of fused-ring (bicyclic) bond motifs is 1. The molecular formula is C17H8Cl3N3O. The number of aromatic nitrogens is 2. The first-order valence-electron chi connectivity index (χ1n) is 6.75. The Morgan fingerprint density at radius 3 is 2.62 bits per heavy atom. The maximum Gasteiger partial charge on any atom is 0.259 e. The summed E-state index contributed by atoms with van der Waals surface area (Å²) in [5.74, 6) is 0.156. The van der Waals surface area contributed by atoms with Crippen LogP contribution in [0.15, 0.2) is 41.2 Å². The summed E-state index contributed by atoms with van der Waals surface area (Å²) in [5, 5.41) is 11.1. The summed E-state index contributed by atoms with van der Waals surface area (Å²) in [4.78, 5) is 19.1. The molecule has 0 amide bonds. The first kappa shape index (κ1) is 16.5. The molecule has 0 saturated heterocycles. The maximum absolute atomic E-state index is 12.2. The number of nitrogens with zero attached hydrogens (tertiary/aromatic N) is 2. The summed E-state index contributed by atoms with van der Waals surface area (Å²) in [6.07, 6.45) is 1.57. The minimum Gasteiger partial charge on any atom is -0.305 e. The highest BCUT2D eigenvalue weighted by Crippen LogP contribution is 2.25. The predicted octanol–water partition coefficient (Wildman–Crippen LogP) is 4.95. The highest BCUT2D eigenvalue weighted by molar-refractivity contribution is 6.42. The van der Waals surface area contributed by atoms with Crippen molar-refractivity contribution in [2.24, 2.45) is 0 Å². The molecule has 2 aromatic carbocycles. The monoisotopic (exact) mass is 375 g/mol. The number of allylic oxidation sites excluding steroid dienone is 1. The second-order valence-corrected chi connectivity index (χ2v) is 6.17. The van der Waals surface area contributed by atoms with E-state index in [1.54, 1.807) is 42.5 Å². The van der Waals surface area contributed by atoms with Crippen molar-refractivity contribution in [2.75, 3.05) is 0 Å². The summed E-state index contributed by atoms with van der Waals surface area (Å²) >= 11 is 17.8. The topological polar surface area (TPSA) is 69.5 Å². The van der Waals surface area contributed by atoms with Crippen molar-refractivity contribution in [2.45, 2.75) is 0 Å². The largest absolute Gasteiger partial charge is 0.305 e. The molecule has 1 heterocycles. The summed E-state index contributed by atoms with van der Waals surface area (Å²) < 4.78 is 0. The van der Waals surface area contributed by atoms with Crippen LogP contribution >= 0.6 is 34.8 Å².